The molecule has 0 aliphatic rings. The van der Waals surface area contributed by atoms with Crippen LogP contribution in [0.2, 0.25) is 0 Å². The molecule has 0 radical (unpaired) electrons. The van der Waals surface area contributed by atoms with Crippen molar-refractivity contribution in [3.63, 3.8) is 0 Å². The molecule has 0 spiro atoms. The zero-order valence-corrected chi connectivity index (χ0v) is 12.6. The van der Waals surface area contributed by atoms with Crippen molar-refractivity contribution < 1.29 is 19.1 Å². The summed E-state index contributed by atoms with van der Waals surface area (Å²) in [7, 11) is 1.30. The monoisotopic (exact) mass is 287 g/mol. The van der Waals surface area contributed by atoms with E-state index in [1.807, 2.05) is 20.8 Å². The fourth-order valence-electron chi connectivity index (χ4n) is 1.55. The number of methoxy groups -OCH3 is 1. The Bertz CT molecular complexity index is 332. The predicted octanol–water partition coefficient (Wildman–Crippen LogP) is 0.400. The van der Waals surface area contributed by atoms with Gasteiger partial charge in [-0.05, 0) is 18.8 Å². The summed E-state index contributed by atoms with van der Waals surface area (Å²) in [5.74, 6) is -0.624. The first kappa shape index (κ1) is 18.4. The Morgan fingerprint density at radius 2 is 1.85 bits per heavy atom. The van der Waals surface area contributed by atoms with E-state index in [1.165, 1.54) is 7.11 Å². The number of urea groups is 1. The van der Waals surface area contributed by atoms with Gasteiger partial charge in [0.2, 0.25) is 5.91 Å². The molecule has 0 aromatic heterocycles. The van der Waals surface area contributed by atoms with Gasteiger partial charge in [-0.2, -0.15) is 0 Å². The van der Waals surface area contributed by atoms with Crippen LogP contribution < -0.4 is 16.0 Å². The third kappa shape index (κ3) is 8.47. The van der Waals surface area contributed by atoms with Crippen molar-refractivity contribution in [3.8, 4) is 0 Å². The minimum absolute atomic E-state index is 0.119. The molecule has 3 N–H and O–H groups in total. The number of nitrogens with one attached hydrogen (secondary N) is 3. The molecule has 20 heavy (non-hydrogen) atoms. The Hall–Kier alpha value is -1.63. The van der Waals surface area contributed by atoms with Crippen molar-refractivity contribution >= 4 is 17.9 Å². The second-order valence-electron chi connectivity index (χ2n) is 4.89. The molecule has 7 nitrogen and oxygen atoms in total. The van der Waals surface area contributed by atoms with E-state index in [-0.39, 0.29) is 12.5 Å². The molecule has 0 saturated carbocycles. The number of carbonyl (C=O) groups excluding carboxylic acids is 3. The van der Waals surface area contributed by atoms with Crippen LogP contribution in [-0.4, -0.2) is 44.1 Å². The molecule has 0 aromatic rings. The second-order valence-corrected chi connectivity index (χ2v) is 4.89. The quantitative estimate of drug-likeness (QED) is 0.562. The molecular weight excluding hydrogens is 262 g/mol. The van der Waals surface area contributed by atoms with Crippen LogP contribution in [0, 0.1) is 5.92 Å². The largest absolute Gasteiger partial charge is 0.468 e. The molecule has 0 aliphatic carbocycles. The summed E-state index contributed by atoms with van der Waals surface area (Å²) >= 11 is 0. The second kappa shape index (κ2) is 10.2. The van der Waals surface area contributed by atoms with Crippen molar-refractivity contribution in [2.45, 2.75) is 39.7 Å². The molecule has 0 bridgehead atoms. The van der Waals surface area contributed by atoms with Gasteiger partial charge in [-0.15, -0.1) is 0 Å². The third-order valence-corrected chi connectivity index (χ3v) is 2.49. The zero-order valence-electron chi connectivity index (χ0n) is 12.6. The Kier molecular flexibility index (Phi) is 9.36. The Balaban J connectivity index is 4.16. The lowest BCUT2D eigenvalue weighted by Gasteiger charge is -2.17. The number of imide groups is 1. The average Bonchev–Trinajstić information content (AvgIpc) is 2.39. The standard InChI is InChI=1S/C13H25N3O4/c1-5-6-14-13(19)16-11(17)8-15-10(7-9(2)3)12(18)20-4/h9-10,15H,5-8H2,1-4H3,(H2,14,16,17,19). The molecule has 0 aromatic carbocycles. The number of esters is 1. The maximum absolute atomic E-state index is 11.5. The molecule has 3 amide bonds. The zero-order chi connectivity index (χ0) is 15.5. The van der Waals surface area contributed by atoms with Crippen LogP contribution in [0.4, 0.5) is 4.79 Å². The van der Waals surface area contributed by atoms with Crippen molar-refractivity contribution in [1.82, 2.24) is 16.0 Å². The van der Waals surface area contributed by atoms with Gasteiger partial charge in [0, 0.05) is 6.54 Å². The molecule has 1 atom stereocenters. The van der Waals surface area contributed by atoms with E-state index in [2.05, 4.69) is 20.7 Å². The number of rotatable bonds is 8. The van der Waals surface area contributed by atoms with E-state index in [4.69, 9.17) is 0 Å². The molecule has 0 heterocycles. The van der Waals surface area contributed by atoms with Crippen LogP contribution >= 0.6 is 0 Å². The molecule has 0 saturated heterocycles. The van der Waals surface area contributed by atoms with Gasteiger partial charge in [-0.3, -0.25) is 20.2 Å². The predicted molar refractivity (Wildman–Crippen MR) is 75.1 cm³/mol. The minimum atomic E-state index is -0.551. The topological polar surface area (TPSA) is 96.5 Å². The highest BCUT2D eigenvalue weighted by Gasteiger charge is 2.21. The summed E-state index contributed by atoms with van der Waals surface area (Å²) in [6, 6.07) is -1.08. The highest BCUT2D eigenvalue weighted by molar-refractivity contribution is 5.95. The summed E-state index contributed by atoms with van der Waals surface area (Å²) in [5, 5.41) is 7.50. The summed E-state index contributed by atoms with van der Waals surface area (Å²) < 4.78 is 4.67. The van der Waals surface area contributed by atoms with E-state index in [1.54, 1.807) is 0 Å². The van der Waals surface area contributed by atoms with Crippen LogP contribution in [0.1, 0.15) is 33.6 Å². The van der Waals surface area contributed by atoms with E-state index in [9.17, 15) is 14.4 Å². The van der Waals surface area contributed by atoms with Gasteiger partial charge in [0.15, 0.2) is 0 Å². The molecule has 7 heteroatoms. The highest BCUT2D eigenvalue weighted by atomic mass is 16.5. The molecular formula is C13H25N3O4. The highest BCUT2D eigenvalue weighted by Crippen LogP contribution is 2.05. The fourth-order valence-corrected chi connectivity index (χ4v) is 1.55. The maximum atomic E-state index is 11.5. The fraction of sp³-hybridized carbons (Fsp3) is 0.769. The van der Waals surface area contributed by atoms with Gasteiger partial charge in [0.1, 0.15) is 6.04 Å². The van der Waals surface area contributed by atoms with Crippen molar-refractivity contribution in [1.29, 1.82) is 0 Å². The Morgan fingerprint density at radius 1 is 1.20 bits per heavy atom. The van der Waals surface area contributed by atoms with Crippen molar-refractivity contribution in [2.24, 2.45) is 5.92 Å². The van der Waals surface area contributed by atoms with Crippen molar-refractivity contribution in [2.75, 3.05) is 20.2 Å². The summed E-state index contributed by atoms with van der Waals surface area (Å²) in [4.78, 5) is 34.3. The SMILES string of the molecule is CCCNC(=O)NC(=O)CNC(CC(C)C)C(=O)OC. The normalized spacial score (nSPS) is 11.8. The van der Waals surface area contributed by atoms with Crippen LogP contribution in [0.3, 0.4) is 0 Å². The number of ether oxygens (including phenoxy) is 1. The number of hydrogen-bond acceptors (Lipinski definition) is 5. The van der Waals surface area contributed by atoms with Gasteiger partial charge in [-0.25, -0.2) is 4.79 Å². The summed E-state index contributed by atoms with van der Waals surface area (Å²) in [6.45, 7) is 6.24. The van der Waals surface area contributed by atoms with Gasteiger partial charge in [0.05, 0.1) is 13.7 Å². The molecule has 0 aliphatic heterocycles. The van der Waals surface area contributed by atoms with E-state index in [0.717, 1.165) is 6.42 Å². The third-order valence-electron chi connectivity index (χ3n) is 2.49. The lowest BCUT2D eigenvalue weighted by Crippen LogP contribution is -2.47. The summed E-state index contributed by atoms with van der Waals surface area (Å²) in [6.07, 6.45) is 1.35. The molecule has 0 rings (SSSR count). The number of carbonyl (C=O) groups is 3. The van der Waals surface area contributed by atoms with Crippen molar-refractivity contribution in [3.05, 3.63) is 0 Å². The average molecular weight is 287 g/mol. The van der Waals surface area contributed by atoms with E-state index < -0.39 is 23.9 Å². The first-order valence-corrected chi connectivity index (χ1v) is 6.79. The first-order valence-electron chi connectivity index (χ1n) is 6.79. The van der Waals surface area contributed by atoms with Gasteiger partial charge in [-0.1, -0.05) is 20.8 Å². The number of hydrogen-bond donors (Lipinski definition) is 3. The van der Waals surface area contributed by atoms with Crippen LogP contribution in [0.15, 0.2) is 0 Å². The first-order chi connectivity index (χ1) is 9.40. The van der Waals surface area contributed by atoms with E-state index >= 15 is 0 Å². The Morgan fingerprint density at radius 3 is 2.35 bits per heavy atom. The smallest absolute Gasteiger partial charge is 0.322 e. The number of amides is 3. The van der Waals surface area contributed by atoms with Crippen LogP contribution in [0.25, 0.3) is 0 Å². The van der Waals surface area contributed by atoms with Crippen LogP contribution in [0.5, 0.6) is 0 Å². The van der Waals surface area contributed by atoms with Gasteiger partial charge < -0.3 is 10.1 Å². The van der Waals surface area contributed by atoms with E-state index in [0.29, 0.717) is 13.0 Å². The summed E-state index contributed by atoms with van der Waals surface area (Å²) in [5.41, 5.74) is 0. The van der Waals surface area contributed by atoms with Gasteiger partial charge in [0.25, 0.3) is 0 Å². The maximum Gasteiger partial charge on any atom is 0.322 e. The molecule has 0 fully saturated rings. The van der Waals surface area contributed by atoms with Gasteiger partial charge >= 0.3 is 12.0 Å². The molecule has 1 unspecified atom stereocenters. The lowest BCUT2D eigenvalue weighted by molar-refractivity contribution is -0.143. The van der Waals surface area contributed by atoms with Crippen LogP contribution in [-0.2, 0) is 14.3 Å². The minimum Gasteiger partial charge on any atom is -0.468 e. The molecule has 116 valence electrons. The lowest BCUT2D eigenvalue weighted by atomic mass is 10.0. The Labute approximate surface area is 119 Å².